The molecule has 1 unspecified atom stereocenters. The Labute approximate surface area is 202 Å². The molecule has 0 spiro atoms. The molecular formula is C28H34N4O2. The van der Waals surface area contributed by atoms with Crippen molar-refractivity contribution in [3.05, 3.63) is 84.2 Å². The van der Waals surface area contributed by atoms with Gasteiger partial charge in [0.2, 0.25) is 0 Å². The van der Waals surface area contributed by atoms with Gasteiger partial charge in [-0.15, -0.1) is 0 Å². The van der Waals surface area contributed by atoms with Crippen molar-refractivity contribution in [3.8, 4) is 5.69 Å². The quantitative estimate of drug-likeness (QED) is 0.532. The van der Waals surface area contributed by atoms with Gasteiger partial charge in [-0.1, -0.05) is 36.4 Å². The Balaban J connectivity index is 1.19. The Bertz CT molecular complexity index is 1070. The van der Waals surface area contributed by atoms with Gasteiger partial charge in [-0.3, -0.25) is 9.69 Å². The van der Waals surface area contributed by atoms with Crippen molar-refractivity contribution >= 4 is 11.6 Å². The number of nitrogens with zero attached hydrogens (tertiary/aromatic N) is 4. The molecule has 178 valence electrons. The molecule has 0 N–H and O–H groups in total. The molecule has 3 heterocycles. The second-order valence-corrected chi connectivity index (χ2v) is 9.14. The summed E-state index contributed by atoms with van der Waals surface area (Å²) in [4.78, 5) is 20.5. The minimum Gasteiger partial charge on any atom is -0.375 e. The first-order valence-corrected chi connectivity index (χ1v) is 12.4. The normalized spacial score (nSPS) is 19.2. The average molecular weight is 459 g/mol. The lowest BCUT2D eigenvalue weighted by Gasteiger charge is -2.36. The standard InChI is InChI=1S/C28H34N4O2/c1-34-26-14-17-31(28(33)25-13-18-32(27(25)26)24-11-6-3-7-12-24)16-8-15-29-19-21-30(22-20-29)23-9-4-2-5-10-23/h2-7,9-13,18,26H,8,14-17,19-22H2,1H3. The number of anilines is 1. The fraction of sp³-hybridized carbons (Fsp3) is 0.393. The number of methoxy groups -OCH3 is 1. The van der Waals surface area contributed by atoms with E-state index in [1.165, 1.54) is 5.69 Å². The van der Waals surface area contributed by atoms with E-state index in [2.05, 4.69) is 56.8 Å². The molecule has 2 aliphatic heterocycles. The predicted octanol–water partition coefficient (Wildman–Crippen LogP) is 4.22. The van der Waals surface area contributed by atoms with Gasteiger partial charge in [-0.25, -0.2) is 0 Å². The molecule has 0 saturated carbocycles. The fourth-order valence-corrected chi connectivity index (χ4v) is 5.25. The van der Waals surface area contributed by atoms with Crippen LogP contribution >= 0.6 is 0 Å². The van der Waals surface area contributed by atoms with Crippen LogP contribution in [-0.2, 0) is 4.74 Å². The van der Waals surface area contributed by atoms with Crippen LogP contribution in [0.4, 0.5) is 5.69 Å². The molecule has 3 aromatic rings. The molecule has 0 radical (unpaired) electrons. The third-order valence-electron chi connectivity index (χ3n) is 7.12. The molecule has 1 aromatic heterocycles. The summed E-state index contributed by atoms with van der Waals surface area (Å²) in [5.74, 6) is 0.123. The lowest BCUT2D eigenvalue weighted by atomic mass is 10.1. The third kappa shape index (κ3) is 4.74. The van der Waals surface area contributed by atoms with Gasteiger partial charge in [0.05, 0.1) is 17.4 Å². The number of carbonyl (C=O) groups excluding carboxylic acids is 1. The number of carbonyl (C=O) groups is 1. The Morgan fingerprint density at radius 2 is 1.50 bits per heavy atom. The minimum atomic E-state index is -0.0924. The number of rotatable bonds is 7. The van der Waals surface area contributed by atoms with Crippen molar-refractivity contribution in [2.24, 2.45) is 0 Å². The van der Waals surface area contributed by atoms with E-state index in [1.54, 1.807) is 7.11 Å². The Morgan fingerprint density at radius 1 is 0.824 bits per heavy atom. The highest BCUT2D eigenvalue weighted by Gasteiger charge is 2.31. The lowest BCUT2D eigenvalue weighted by molar-refractivity contribution is 0.0690. The van der Waals surface area contributed by atoms with E-state index >= 15 is 0 Å². The van der Waals surface area contributed by atoms with Gasteiger partial charge in [0.15, 0.2) is 0 Å². The van der Waals surface area contributed by atoms with Crippen molar-refractivity contribution in [2.75, 3.05) is 57.8 Å². The molecular weight excluding hydrogens is 424 g/mol. The number of ether oxygens (including phenoxy) is 1. The number of benzene rings is 2. The minimum absolute atomic E-state index is 0.0924. The van der Waals surface area contributed by atoms with Crippen LogP contribution in [-0.4, -0.2) is 73.2 Å². The van der Waals surface area contributed by atoms with E-state index in [9.17, 15) is 4.79 Å². The molecule has 1 atom stereocenters. The van der Waals surface area contributed by atoms with Gasteiger partial charge in [0, 0.05) is 63.9 Å². The lowest BCUT2D eigenvalue weighted by Crippen LogP contribution is -2.47. The molecule has 0 bridgehead atoms. The van der Waals surface area contributed by atoms with Gasteiger partial charge < -0.3 is 19.1 Å². The summed E-state index contributed by atoms with van der Waals surface area (Å²) < 4.78 is 7.96. The van der Waals surface area contributed by atoms with Crippen molar-refractivity contribution in [1.82, 2.24) is 14.4 Å². The first-order chi connectivity index (χ1) is 16.7. The van der Waals surface area contributed by atoms with Crippen LogP contribution in [0.3, 0.4) is 0 Å². The maximum Gasteiger partial charge on any atom is 0.255 e. The van der Waals surface area contributed by atoms with Crippen molar-refractivity contribution in [1.29, 1.82) is 0 Å². The molecule has 0 aliphatic carbocycles. The van der Waals surface area contributed by atoms with Crippen molar-refractivity contribution < 1.29 is 9.53 Å². The SMILES string of the molecule is COC1CCN(CCCN2CCN(c3ccccc3)CC2)C(=O)c2ccn(-c3ccccc3)c21. The number of piperazine rings is 1. The van der Waals surface area contributed by atoms with Crippen molar-refractivity contribution in [2.45, 2.75) is 18.9 Å². The van der Waals surface area contributed by atoms with Gasteiger partial charge in [-0.2, -0.15) is 0 Å². The van der Waals surface area contributed by atoms with Crippen LogP contribution in [0.25, 0.3) is 5.69 Å². The van der Waals surface area contributed by atoms with Crippen molar-refractivity contribution in [3.63, 3.8) is 0 Å². The average Bonchev–Trinajstić information content (AvgIpc) is 3.29. The molecule has 1 saturated heterocycles. The summed E-state index contributed by atoms with van der Waals surface area (Å²) in [6, 6.07) is 22.8. The first kappa shape index (κ1) is 22.7. The smallest absolute Gasteiger partial charge is 0.255 e. The summed E-state index contributed by atoms with van der Waals surface area (Å²) in [5.41, 5.74) is 4.10. The second kappa shape index (κ2) is 10.5. The third-order valence-corrected chi connectivity index (χ3v) is 7.12. The van der Waals surface area contributed by atoms with Crippen LogP contribution in [0.5, 0.6) is 0 Å². The van der Waals surface area contributed by atoms with Gasteiger partial charge >= 0.3 is 0 Å². The zero-order valence-electron chi connectivity index (χ0n) is 20.0. The Morgan fingerprint density at radius 3 is 2.18 bits per heavy atom. The molecule has 34 heavy (non-hydrogen) atoms. The monoisotopic (exact) mass is 458 g/mol. The van der Waals surface area contributed by atoms with E-state index < -0.39 is 0 Å². The van der Waals surface area contributed by atoms with E-state index in [4.69, 9.17) is 4.74 Å². The Kier molecular flexibility index (Phi) is 6.97. The summed E-state index contributed by atoms with van der Waals surface area (Å²) in [6.07, 6.45) is 3.70. The second-order valence-electron chi connectivity index (χ2n) is 9.14. The number of amides is 1. The first-order valence-electron chi connectivity index (χ1n) is 12.4. The van der Waals surface area contributed by atoms with Gasteiger partial charge in [0.25, 0.3) is 5.91 Å². The molecule has 2 aromatic carbocycles. The fourth-order valence-electron chi connectivity index (χ4n) is 5.25. The van der Waals surface area contributed by atoms with Crippen LogP contribution in [0.2, 0.25) is 0 Å². The molecule has 2 aliphatic rings. The predicted molar refractivity (Wildman–Crippen MR) is 136 cm³/mol. The number of para-hydroxylation sites is 2. The molecule has 1 amide bonds. The van der Waals surface area contributed by atoms with Crippen LogP contribution < -0.4 is 4.90 Å². The highest BCUT2D eigenvalue weighted by atomic mass is 16.5. The maximum absolute atomic E-state index is 13.5. The topological polar surface area (TPSA) is 41.0 Å². The molecule has 6 nitrogen and oxygen atoms in total. The van der Waals surface area contributed by atoms with Crippen LogP contribution in [0.1, 0.15) is 35.0 Å². The van der Waals surface area contributed by atoms with Crippen LogP contribution in [0, 0.1) is 0 Å². The summed E-state index contributed by atoms with van der Waals surface area (Å²) in [6.45, 7) is 6.78. The molecule has 5 rings (SSSR count). The number of hydrogen-bond donors (Lipinski definition) is 0. The Hall–Kier alpha value is -3.09. The number of fused-ring (bicyclic) bond motifs is 1. The highest BCUT2D eigenvalue weighted by Crippen LogP contribution is 2.32. The van der Waals surface area contributed by atoms with Gasteiger partial charge in [0.1, 0.15) is 0 Å². The van der Waals surface area contributed by atoms with E-state index in [-0.39, 0.29) is 12.0 Å². The summed E-state index contributed by atoms with van der Waals surface area (Å²) in [7, 11) is 1.74. The summed E-state index contributed by atoms with van der Waals surface area (Å²) in [5, 5.41) is 0. The van der Waals surface area contributed by atoms with E-state index in [1.807, 2.05) is 35.4 Å². The summed E-state index contributed by atoms with van der Waals surface area (Å²) >= 11 is 0. The van der Waals surface area contributed by atoms with Crippen LogP contribution in [0.15, 0.2) is 72.9 Å². The molecule has 1 fully saturated rings. The highest BCUT2D eigenvalue weighted by molar-refractivity contribution is 5.96. The zero-order chi connectivity index (χ0) is 23.3. The van der Waals surface area contributed by atoms with E-state index in [0.717, 1.165) is 75.6 Å². The maximum atomic E-state index is 13.5. The number of hydrogen-bond acceptors (Lipinski definition) is 4. The largest absolute Gasteiger partial charge is 0.375 e. The number of aromatic nitrogens is 1. The van der Waals surface area contributed by atoms with E-state index in [0.29, 0.717) is 0 Å². The molecule has 6 heteroatoms. The van der Waals surface area contributed by atoms with Gasteiger partial charge in [-0.05, 0) is 49.7 Å². The zero-order valence-corrected chi connectivity index (χ0v) is 20.0.